The van der Waals surface area contributed by atoms with Crippen LogP contribution in [0.15, 0.2) is 0 Å². The maximum absolute atomic E-state index is 9.10. The number of piperidine rings is 1. The SMILES string of the molecule is CN(C)CCN1CCC(N)(CO)CC1. The Morgan fingerprint density at radius 3 is 2.36 bits per heavy atom. The van der Waals surface area contributed by atoms with Gasteiger partial charge in [-0.25, -0.2) is 0 Å². The van der Waals surface area contributed by atoms with Crippen molar-refractivity contribution in [3.63, 3.8) is 0 Å². The van der Waals surface area contributed by atoms with Gasteiger partial charge in [0.2, 0.25) is 0 Å². The molecule has 0 aliphatic carbocycles. The van der Waals surface area contributed by atoms with Gasteiger partial charge in [0, 0.05) is 31.7 Å². The van der Waals surface area contributed by atoms with Gasteiger partial charge in [-0.15, -0.1) is 0 Å². The van der Waals surface area contributed by atoms with E-state index in [1.54, 1.807) is 0 Å². The Bertz CT molecular complexity index is 165. The Labute approximate surface area is 86.7 Å². The van der Waals surface area contributed by atoms with Gasteiger partial charge in [-0.2, -0.15) is 0 Å². The lowest BCUT2D eigenvalue weighted by Crippen LogP contribution is -2.53. The van der Waals surface area contributed by atoms with Crippen LogP contribution in [0.3, 0.4) is 0 Å². The van der Waals surface area contributed by atoms with Crippen LogP contribution >= 0.6 is 0 Å². The first-order chi connectivity index (χ1) is 6.56. The highest BCUT2D eigenvalue weighted by atomic mass is 16.3. The first-order valence-electron chi connectivity index (χ1n) is 5.32. The van der Waals surface area contributed by atoms with Crippen LogP contribution in [0, 0.1) is 0 Å². The van der Waals surface area contributed by atoms with E-state index in [2.05, 4.69) is 23.9 Å². The quantitative estimate of drug-likeness (QED) is 0.634. The van der Waals surface area contributed by atoms with Gasteiger partial charge in [0.25, 0.3) is 0 Å². The number of likely N-dealkylation sites (tertiary alicyclic amines) is 1. The third-order valence-corrected chi connectivity index (χ3v) is 3.03. The molecule has 0 aromatic heterocycles. The van der Waals surface area contributed by atoms with Crippen LogP contribution in [0.4, 0.5) is 0 Å². The molecule has 3 N–H and O–H groups in total. The Kier molecular flexibility index (Phi) is 4.31. The van der Waals surface area contributed by atoms with E-state index in [1.807, 2.05) is 0 Å². The van der Waals surface area contributed by atoms with Gasteiger partial charge in [-0.3, -0.25) is 0 Å². The van der Waals surface area contributed by atoms with Gasteiger partial charge in [0.05, 0.1) is 6.61 Å². The van der Waals surface area contributed by atoms with Crippen LogP contribution in [-0.2, 0) is 0 Å². The van der Waals surface area contributed by atoms with E-state index in [1.165, 1.54) is 0 Å². The van der Waals surface area contributed by atoms with Gasteiger partial charge in [0.15, 0.2) is 0 Å². The summed E-state index contributed by atoms with van der Waals surface area (Å²) in [4.78, 5) is 4.61. The van der Waals surface area contributed by atoms with E-state index in [0.29, 0.717) is 0 Å². The van der Waals surface area contributed by atoms with Crippen molar-refractivity contribution >= 4 is 0 Å². The van der Waals surface area contributed by atoms with Crippen molar-refractivity contribution in [1.82, 2.24) is 9.80 Å². The number of nitrogens with zero attached hydrogens (tertiary/aromatic N) is 2. The van der Waals surface area contributed by atoms with Crippen molar-refractivity contribution in [2.75, 3.05) is 46.9 Å². The first-order valence-corrected chi connectivity index (χ1v) is 5.32. The second-order valence-corrected chi connectivity index (χ2v) is 4.67. The zero-order valence-corrected chi connectivity index (χ0v) is 9.37. The van der Waals surface area contributed by atoms with Gasteiger partial charge in [-0.1, -0.05) is 0 Å². The molecule has 1 aliphatic rings. The maximum atomic E-state index is 9.10. The summed E-state index contributed by atoms with van der Waals surface area (Å²) in [5.41, 5.74) is 5.68. The average Bonchev–Trinajstić information content (AvgIpc) is 2.17. The Balaban J connectivity index is 2.22. The van der Waals surface area contributed by atoms with Gasteiger partial charge >= 0.3 is 0 Å². The first kappa shape index (κ1) is 11.9. The number of nitrogens with two attached hydrogens (primary N) is 1. The molecule has 0 radical (unpaired) electrons. The fourth-order valence-electron chi connectivity index (χ4n) is 1.72. The standard InChI is InChI=1S/C10H23N3O/c1-12(2)7-8-13-5-3-10(11,9-14)4-6-13/h14H,3-9,11H2,1-2H3. The number of likely N-dealkylation sites (N-methyl/N-ethyl adjacent to an activating group) is 1. The molecule has 84 valence electrons. The molecular formula is C10H23N3O. The second-order valence-electron chi connectivity index (χ2n) is 4.67. The third-order valence-electron chi connectivity index (χ3n) is 3.03. The topological polar surface area (TPSA) is 52.7 Å². The molecule has 1 fully saturated rings. The Hall–Kier alpha value is -0.160. The molecule has 1 aliphatic heterocycles. The summed E-state index contributed by atoms with van der Waals surface area (Å²) in [7, 11) is 4.18. The largest absolute Gasteiger partial charge is 0.394 e. The second kappa shape index (κ2) is 5.07. The Morgan fingerprint density at radius 1 is 1.36 bits per heavy atom. The summed E-state index contributed by atoms with van der Waals surface area (Å²) in [6.07, 6.45) is 1.83. The zero-order chi connectivity index (χ0) is 10.6. The molecule has 0 aromatic rings. The van der Waals surface area contributed by atoms with Crippen LogP contribution in [0.25, 0.3) is 0 Å². The van der Waals surface area contributed by atoms with E-state index < -0.39 is 0 Å². The summed E-state index contributed by atoms with van der Waals surface area (Å²) < 4.78 is 0. The fraction of sp³-hybridized carbons (Fsp3) is 1.00. The number of hydrogen-bond acceptors (Lipinski definition) is 4. The smallest absolute Gasteiger partial charge is 0.0612 e. The number of rotatable bonds is 4. The minimum absolute atomic E-state index is 0.120. The van der Waals surface area contributed by atoms with Crippen molar-refractivity contribution in [2.24, 2.45) is 5.73 Å². The molecule has 0 spiro atoms. The van der Waals surface area contributed by atoms with E-state index in [9.17, 15) is 0 Å². The lowest BCUT2D eigenvalue weighted by atomic mass is 9.90. The molecule has 4 nitrogen and oxygen atoms in total. The highest BCUT2D eigenvalue weighted by Gasteiger charge is 2.29. The van der Waals surface area contributed by atoms with Crippen LogP contribution in [0.2, 0.25) is 0 Å². The molecule has 1 rings (SSSR count). The average molecular weight is 201 g/mol. The van der Waals surface area contributed by atoms with E-state index >= 15 is 0 Å². The normalized spacial score (nSPS) is 22.9. The monoisotopic (exact) mass is 201 g/mol. The van der Waals surface area contributed by atoms with E-state index in [-0.39, 0.29) is 12.1 Å². The van der Waals surface area contributed by atoms with Crippen LogP contribution < -0.4 is 5.73 Å². The number of aliphatic hydroxyl groups is 1. The molecule has 0 unspecified atom stereocenters. The van der Waals surface area contributed by atoms with Crippen LogP contribution in [0.1, 0.15) is 12.8 Å². The summed E-state index contributed by atoms with van der Waals surface area (Å²) in [6.45, 7) is 4.36. The summed E-state index contributed by atoms with van der Waals surface area (Å²) in [6, 6.07) is 0. The number of hydrogen-bond donors (Lipinski definition) is 2. The molecule has 0 saturated carbocycles. The highest BCUT2D eigenvalue weighted by Crippen LogP contribution is 2.18. The molecule has 0 aromatic carbocycles. The summed E-state index contributed by atoms with van der Waals surface area (Å²) in [5.74, 6) is 0. The van der Waals surface area contributed by atoms with E-state index in [4.69, 9.17) is 10.8 Å². The molecule has 0 bridgehead atoms. The molecular weight excluding hydrogens is 178 g/mol. The predicted molar refractivity (Wildman–Crippen MR) is 58.2 cm³/mol. The Morgan fingerprint density at radius 2 is 1.93 bits per heavy atom. The summed E-state index contributed by atoms with van der Waals surface area (Å²) in [5, 5.41) is 9.10. The molecule has 14 heavy (non-hydrogen) atoms. The summed E-state index contributed by atoms with van der Waals surface area (Å²) >= 11 is 0. The fourth-order valence-corrected chi connectivity index (χ4v) is 1.72. The molecule has 4 heteroatoms. The van der Waals surface area contributed by atoms with Crippen molar-refractivity contribution in [1.29, 1.82) is 0 Å². The highest BCUT2D eigenvalue weighted by molar-refractivity contribution is 4.89. The van der Waals surface area contributed by atoms with Gasteiger partial charge in [-0.05, 0) is 26.9 Å². The predicted octanol–water partition coefficient (Wildman–Crippen LogP) is -0.666. The zero-order valence-electron chi connectivity index (χ0n) is 9.37. The van der Waals surface area contributed by atoms with Crippen molar-refractivity contribution in [2.45, 2.75) is 18.4 Å². The number of aliphatic hydroxyl groups excluding tert-OH is 1. The van der Waals surface area contributed by atoms with Crippen LogP contribution in [0.5, 0.6) is 0 Å². The van der Waals surface area contributed by atoms with Gasteiger partial charge < -0.3 is 20.6 Å². The third kappa shape index (κ3) is 3.53. The lowest BCUT2D eigenvalue weighted by Gasteiger charge is -2.38. The van der Waals surface area contributed by atoms with Crippen molar-refractivity contribution in [3.05, 3.63) is 0 Å². The molecule has 1 heterocycles. The molecule has 1 saturated heterocycles. The van der Waals surface area contributed by atoms with Crippen molar-refractivity contribution < 1.29 is 5.11 Å². The van der Waals surface area contributed by atoms with Crippen molar-refractivity contribution in [3.8, 4) is 0 Å². The minimum atomic E-state index is -0.311. The maximum Gasteiger partial charge on any atom is 0.0612 e. The molecule has 0 amide bonds. The lowest BCUT2D eigenvalue weighted by molar-refractivity contribution is 0.102. The minimum Gasteiger partial charge on any atom is -0.394 e. The van der Waals surface area contributed by atoms with Gasteiger partial charge in [0.1, 0.15) is 0 Å². The van der Waals surface area contributed by atoms with E-state index in [0.717, 1.165) is 39.0 Å². The van der Waals surface area contributed by atoms with Crippen LogP contribution in [-0.4, -0.2) is 67.3 Å². The molecule has 0 atom stereocenters.